The van der Waals surface area contributed by atoms with Gasteiger partial charge in [-0.05, 0) is 51.7 Å². The molecule has 1 amide bonds. The van der Waals surface area contributed by atoms with Crippen LogP contribution in [0.5, 0.6) is 0 Å². The Labute approximate surface area is 134 Å². The Morgan fingerprint density at radius 2 is 1.73 bits per heavy atom. The smallest absolute Gasteiger partial charge is 0.407 e. The number of hydrogen-bond acceptors (Lipinski definition) is 3. The van der Waals surface area contributed by atoms with E-state index in [2.05, 4.69) is 55.7 Å². The van der Waals surface area contributed by atoms with Gasteiger partial charge in [-0.1, -0.05) is 31.5 Å². The molecule has 0 aliphatic rings. The third kappa shape index (κ3) is 7.34. The summed E-state index contributed by atoms with van der Waals surface area (Å²) in [6.45, 7) is 13.4. The zero-order valence-corrected chi connectivity index (χ0v) is 14.7. The summed E-state index contributed by atoms with van der Waals surface area (Å²) in [5.41, 5.74) is 1.89. The van der Waals surface area contributed by atoms with Gasteiger partial charge in [-0.3, -0.25) is 0 Å². The van der Waals surface area contributed by atoms with Crippen LogP contribution in [-0.4, -0.2) is 24.8 Å². The lowest BCUT2D eigenvalue weighted by molar-refractivity contribution is 0.0516. The minimum absolute atomic E-state index is 0.342. The molecule has 0 fully saturated rings. The summed E-state index contributed by atoms with van der Waals surface area (Å²) in [5, 5.41) is 6.30. The molecule has 0 saturated heterocycles. The molecule has 1 rings (SSSR count). The summed E-state index contributed by atoms with van der Waals surface area (Å²) in [6, 6.07) is 8.33. The second-order valence-electron chi connectivity index (χ2n) is 7.13. The summed E-state index contributed by atoms with van der Waals surface area (Å²) in [4.78, 5) is 11.7. The van der Waals surface area contributed by atoms with E-state index in [1.165, 1.54) is 5.56 Å². The van der Waals surface area contributed by atoms with E-state index in [1.54, 1.807) is 0 Å². The first kappa shape index (κ1) is 18.3. The molecule has 0 radical (unpaired) electrons. The van der Waals surface area contributed by atoms with Crippen LogP contribution in [0.15, 0.2) is 24.3 Å². The van der Waals surface area contributed by atoms with Crippen LogP contribution in [0.1, 0.15) is 40.2 Å². The van der Waals surface area contributed by atoms with Gasteiger partial charge in [-0.2, -0.15) is 0 Å². The van der Waals surface area contributed by atoms with Crippen molar-refractivity contribution in [1.29, 1.82) is 0 Å². The average molecular weight is 306 g/mol. The van der Waals surface area contributed by atoms with Crippen molar-refractivity contribution in [3.8, 4) is 0 Å². The van der Waals surface area contributed by atoms with Crippen molar-refractivity contribution < 1.29 is 9.53 Å². The Bertz CT molecular complexity index is 461. The number of amides is 1. The standard InChI is InChI=1S/C18H30N2O2/c1-13(2)15(12-20-17(21)22-18(4,5)6)11-19-16-9-7-14(3)8-10-16/h7-10,13,15,19H,11-12H2,1-6H3,(H,20,21). The number of hydrogen-bond donors (Lipinski definition) is 2. The minimum Gasteiger partial charge on any atom is -0.444 e. The molecule has 1 atom stereocenters. The molecule has 0 aromatic heterocycles. The minimum atomic E-state index is -0.461. The maximum absolute atomic E-state index is 11.7. The third-order valence-corrected chi connectivity index (χ3v) is 3.47. The van der Waals surface area contributed by atoms with Crippen LogP contribution >= 0.6 is 0 Å². The van der Waals surface area contributed by atoms with E-state index in [0.29, 0.717) is 18.4 Å². The fourth-order valence-electron chi connectivity index (χ4n) is 1.99. The molecule has 22 heavy (non-hydrogen) atoms. The lowest BCUT2D eigenvalue weighted by Gasteiger charge is -2.24. The molecule has 4 nitrogen and oxygen atoms in total. The van der Waals surface area contributed by atoms with Crippen molar-refractivity contribution in [1.82, 2.24) is 5.32 Å². The Morgan fingerprint density at radius 1 is 1.14 bits per heavy atom. The second kappa shape index (κ2) is 8.06. The highest BCUT2D eigenvalue weighted by Crippen LogP contribution is 2.14. The third-order valence-electron chi connectivity index (χ3n) is 3.47. The number of aryl methyl sites for hydroxylation is 1. The maximum Gasteiger partial charge on any atom is 0.407 e. The number of benzene rings is 1. The first-order valence-electron chi connectivity index (χ1n) is 7.95. The van der Waals surface area contributed by atoms with Gasteiger partial charge in [0.2, 0.25) is 0 Å². The molecule has 0 bridgehead atoms. The SMILES string of the molecule is Cc1ccc(NCC(CNC(=O)OC(C)(C)C)C(C)C)cc1. The van der Waals surface area contributed by atoms with Gasteiger partial charge in [-0.25, -0.2) is 4.79 Å². The van der Waals surface area contributed by atoms with Gasteiger partial charge in [0.1, 0.15) is 5.60 Å². The monoisotopic (exact) mass is 306 g/mol. The van der Waals surface area contributed by atoms with Gasteiger partial charge in [0, 0.05) is 18.8 Å². The molecule has 0 saturated carbocycles. The number of anilines is 1. The first-order chi connectivity index (χ1) is 10.2. The molecule has 1 aromatic carbocycles. The predicted molar refractivity (Wildman–Crippen MR) is 92.2 cm³/mol. The second-order valence-corrected chi connectivity index (χ2v) is 7.13. The van der Waals surface area contributed by atoms with Crippen molar-refractivity contribution in [2.24, 2.45) is 11.8 Å². The largest absolute Gasteiger partial charge is 0.444 e. The number of nitrogens with one attached hydrogen (secondary N) is 2. The molecule has 0 aliphatic heterocycles. The highest BCUT2D eigenvalue weighted by atomic mass is 16.6. The number of carbonyl (C=O) groups is 1. The molecule has 0 aliphatic carbocycles. The van der Waals surface area contributed by atoms with Crippen molar-refractivity contribution >= 4 is 11.8 Å². The van der Waals surface area contributed by atoms with E-state index in [-0.39, 0.29) is 6.09 Å². The van der Waals surface area contributed by atoms with E-state index in [4.69, 9.17) is 4.74 Å². The topological polar surface area (TPSA) is 50.4 Å². The molecule has 1 aromatic rings. The van der Waals surface area contributed by atoms with Crippen molar-refractivity contribution in [3.63, 3.8) is 0 Å². The predicted octanol–water partition coefficient (Wildman–Crippen LogP) is 4.20. The lowest BCUT2D eigenvalue weighted by atomic mass is 9.95. The Morgan fingerprint density at radius 3 is 2.23 bits per heavy atom. The van der Waals surface area contributed by atoms with Crippen LogP contribution in [0.3, 0.4) is 0 Å². The quantitative estimate of drug-likeness (QED) is 0.828. The van der Waals surface area contributed by atoms with Crippen LogP contribution in [-0.2, 0) is 4.74 Å². The van der Waals surface area contributed by atoms with Gasteiger partial charge in [0.25, 0.3) is 0 Å². The van der Waals surface area contributed by atoms with E-state index >= 15 is 0 Å². The number of rotatable bonds is 6. The summed E-state index contributed by atoms with van der Waals surface area (Å²) in [5.74, 6) is 0.807. The summed E-state index contributed by atoms with van der Waals surface area (Å²) >= 11 is 0. The molecule has 124 valence electrons. The van der Waals surface area contributed by atoms with Crippen molar-refractivity contribution in [3.05, 3.63) is 29.8 Å². The number of alkyl carbamates (subject to hydrolysis) is 1. The van der Waals surface area contributed by atoms with Gasteiger partial charge < -0.3 is 15.4 Å². The maximum atomic E-state index is 11.7. The fraction of sp³-hybridized carbons (Fsp3) is 0.611. The number of ether oxygens (including phenoxy) is 1. The molecule has 2 N–H and O–H groups in total. The zero-order chi connectivity index (χ0) is 16.8. The molecular weight excluding hydrogens is 276 g/mol. The van der Waals surface area contributed by atoms with Crippen molar-refractivity contribution in [2.45, 2.75) is 47.1 Å². The van der Waals surface area contributed by atoms with Crippen LogP contribution in [0.4, 0.5) is 10.5 Å². The van der Waals surface area contributed by atoms with Crippen molar-refractivity contribution in [2.75, 3.05) is 18.4 Å². The van der Waals surface area contributed by atoms with Gasteiger partial charge in [-0.15, -0.1) is 0 Å². The lowest BCUT2D eigenvalue weighted by Crippen LogP contribution is -2.38. The molecular formula is C18H30N2O2. The zero-order valence-electron chi connectivity index (χ0n) is 14.7. The average Bonchev–Trinajstić information content (AvgIpc) is 2.38. The Hall–Kier alpha value is -1.71. The fourth-order valence-corrected chi connectivity index (χ4v) is 1.99. The van der Waals surface area contributed by atoms with E-state index in [9.17, 15) is 4.79 Å². The van der Waals surface area contributed by atoms with Crippen LogP contribution < -0.4 is 10.6 Å². The van der Waals surface area contributed by atoms with E-state index in [0.717, 1.165) is 12.2 Å². The van der Waals surface area contributed by atoms with Crippen LogP contribution in [0.25, 0.3) is 0 Å². The van der Waals surface area contributed by atoms with Gasteiger partial charge in [0.05, 0.1) is 0 Å². The highest BCUT2D eigenvalue weighted by Gasteiger charge is 2.19. The van der Waals surface area contributed by atoms with Crippen LogP contribution in [0.2, 0.25) is 0 Å². The molecule has 4 heteroatoms. The highest BCUT2D eigenvalue weighted by molar-refractivity contribution is 5.67. The Balaban J connectivity index is 2.45. The molecule has 0 spiro atoms. The summed E-state index contributed by atoms with van der Waals surface area (Å²) in [6.07, 6.45) is -0.353. The molecule has 0 heterocycles. The van der Waals surface area contributed by atoms with Crippen LogP contribution in [0, 0.1) is 18.8 Å². The summed E-state index contributed by atoms with van der Waals surface area (Å²) in [7, 11) is 0. The molecule has 1 unspecified atom stereocenters. The number of carbonyl (C=O) groups excluding carboxylic acids is 1. The summed E-state index contributed by atoms with van der Waals surface area (Å²) < 4.78 is 5.27. The van der Waals surface area contributed by atoms with E-state index < -0.39 is 5.60 Å². The van der Waals surface area contributed by atoms with Gasteiger partial charge in [0.15, 0.2) is 0 Å². The van der Waals surface area contributed by atoms with E-state index in [1.807, 2.05) is 20.8 Å². The van der Waals surface area contributed by atoms with Gasteiger partial charge >= 0.3 is 6.09 Å². The Kier molecular flexibility index (Phi) is 6.72. The first-order valence-corrected chi connectivity index (χ1v) is 7.95. The normalized spacial score (nSPS) is 12.9.